The molecule has 20 heavy (non-hydrogen) atoms. The van der Waals surface area contributed by atoms with Crippen LogP contribution in [-0.2, 0) is 6.42 Å². The minimum atomic E-state index is 0.531. The molecule has 1 fully saturated rings. The van der Waals surface area contributed by atoms with Gasteiger partial charge in [0.05, 0.1) is 0 Å². The third kappa shape index (κ3) is 5.41. The largest absolute Gasteiger partial charge is 0.370 e. The molecule has 0 atom stereocenters. The monoisotopic (exact) mass is 293 g/mol. The maximum atomic E-state index is 5.93. The van der Waals surface area contributed by atoms with Crippen molar-refractivity contribution in [2.45, 2.75) is 51.0 Å². The predicted molar refractivity (Wildman–Crippen MR) is 86.3 cm³/mol. The second-order valence-corrected chi connectivity index (χ2v) is 5.91. The van der Waals surface area contributed by atoms with Crippen molar-refractivity contribution in [2.75, 3.05) is 6.54 Å². The lowest BCUT2D eigenvalue weighted by atomic mass is 9.96. The molecule has 0 aromatic heterocycles. The number of nitrogens with two attached hydrogens (primary N) is 1. The summed E-state index contributed by atoms with van der Waals surface area (Å²) in [5.41, 5.74) is 7.22. The molecule has 0 saturated heterocycles. The van der Waals surface area contributed by atoms with E-state index >= 15 is 0 Å². The molecule has 2 rings (SSSR count). The molecule has 0 amide bonds. The summed E-state index contributed by atoms with van der Waals surface area (Å²) >= 11 is 5.86. The van der Waals surface area contributed by atoms with Gasteiger partial charge >= 0.3 is 0 Å². The molecule has 3 N–H and O–H groups in total. The average molecular weight is 294 g/mol. The molecule has 0 radical (unpaired) electrons. The number of nitrogens with one attached hydrogen (secondary N) is 1. The molecule has 0 bridgehead atoms. The molecule has 3 nitrogen and oxygen atoms in total. The van der Waals surface area contributed by atoms with Crippen molar-refractivity contribution < 1.29 is 0 Å². The Kier molecular flexibility index (Phi) is 6.19. The highest BCUT2D eigenvalue weighted by Gasteiger charge is 2.12. The number of aliphatic imine (C=N–C) groups is 1. The maximum absolute atomic E-state index is 5.93. The van der Waals surface area contributed by atoms with Gasteiger partial charge in [0.2, 0.25) is 0 Å². The minimum absolute atomic E-state index is 0.531. The van der Waals surface area contributed by atoms with Crippen LogP contribution in [-0.4, -0.2) is 18.5 Å². The van der Waals surface area contributed by atoms with Gasteiger partial charge in [0.1, 0.15) is 0 Å². The summed E-state index contributed by atoms with van der Waals surface area (Å²) in [6.07, 6.45) is 8.44. The fraction of sp³-hybridized carbons (Fsp3) is 0.562. The van der Waals surface area contributed by atoms with E-state index in [0.29, 0.717) is 12.0 Å². The lowest BCUT2D eigenvalue weighted by Gasteiger charge is -2.23. The van der Waals surface area contributed by atoms with Crippen LogP contribution >= 0.6 is 11.6 Å². The quantitative estimate of drug-likeness (QED) is 0.496. The molecule has 0 unspecified atom stereocenters. The van der Waals surface area contributed by atoms with Gasteiger partial charge < -0.3 is 11.1 Å². The third-order valence-corrected chi connectivity index (χ3v) is 4.03. The molecule has 1 aliphatic carbocycles. The Morgan fingerprint density at radius 3 is 2.60 bits per heavy atom. The summed E-state index contributed by atoms with van der Waals surface area (Å²) in [6, 6.07) is 8.52. The van der Waals surface area contributed by atoms with E-state index in [-0.39, 0.29) is 0 Å². The van der Waals surface area contributed by atoms with Crippen LogP contribution in [0.3, 0.4) is 0 Å². The molecule has 1 aliphatic rings. The minimum Gasteiger partial charge on any atom is -0.370 e. The Balaban J connectivity index is 1.65. The molecular weight excluding hydrogens is 270 g/mol. The van der Waals surface area contributed by atoms with E-state index in [1.165, 1.54) is 37.7 Å². The third-order valence-electron chi connectivity index (χ3n) is 3.78. The number of aryl methyl sites for hydroxylation is 1. The van der Waals surface area contributed by atoms with Crippen LogP contribution in [0.5, 0.6) is 0 Å². The van der Waals surface area contributed by atoms with Crippen molar-refractivity contribution in [3.05, 3.63) is 34.9 Å². The molecule has 110 valence electrons. The second kappa shape index (κ2) is 8.15. The van der Waals surface area contributed by atoms with Crippen LogP contribution in [0.25, 0.3) is 0 Å². The lowest BCUT2D eigenvalue weighted by molar-refractivity contribution is 0.412. The van der Waals surface area contributed by atoms with E-state index in [1.807, 2.05) is 12.1 Å². The van der Waals surface area contributed by atoms with Crippen LogP contribution in [0.2, 0.25) is 5.02 Å². The van der Waals surface area contributed by atoms with Crippen LogP contribution in [0.4, 0.5) is 0 Å². The van der Waals surface area contributed by atoms with Crippen molar-refractivity contribution in [3.63, 3.8) is 0 Å². The van der Waals surface area contributed by atoms with Crippen molar-refractivity contribution in [2.24, 2.45) is 10.7 Å². The topological polar surface area (TPSA) is 50.4 Å². The van der Waals surface area contributed by atoms with Crippen LogP contribution in [0.1, 0.15) is 44.1 Å². The zero-order chi connectivity index (χ0) is 14.2. The van der Waals surface area contributed by atoms with Crippen molar-refractivity contribution in [3.8, 4) is 0 Å². The molecule has 0 heterocycles. The van der Waals surface area contributed by atoms with Gasteiger partial charge in [0.15, 0.2) is 5.96 Å². The molecule has 0 aliphatic heterocycles. The number of guanidine groups is 1. The fourth-order valence-corrected chi connectivity index (χ4v) is 2.76. The lowest BCUT2D eigenvalue weighted by Crippen LogP contribution is -2.41. The molecular formula is C16H24ClN3. The standard InChI is InChI=1S/C16H24ClN3/c17-14-10-8-13(9-11-14)5-4-12-19-16(18)20-15-6-2-1-3-7-15/h8-11,15H,1-7,12H2,(H3,18,19,20). The number of hydrogen-bond donors (Lipinski definition) is 2. The van der Waals surface area contributed by atoms with E-state index in [2.05, 4.69) is 22.4 Å². The Labute approximate surface area is 126 Å². The van der Waals surface area contributed by atoms with Gasteiger partial charge in [0, 0.05) is 17.6 Å². The second-order valence-electron chi connectivity index (χ2n) is 5.48. The smallest absolute Gasteiger partial charge is 0.188 e. The zero-order valence-electron chi connectivity index (χ0n) is 11.9. The van der Waals surface area contributed by atoms with E-state index in [0.717, 1.165) is 24.4 Å². The number of halogens is 1. The van der Waals surface area contributed by atoms with Gasteiger partial charge in [-0.1, -0.05) is 43.0 Å². The summed E-state index contributed by atoms with van der Waals surface area (Å²) in [6.45, 7) is 0.772. The number of rotatable bonds is 5. The van der Waals surface area contributed by atoms with Crippen molar-refractivity contribution >= 4 is 17.6 Å². The van der Waals surface area contributed by atoms with E-state index in [1.54, 1.807) is 0 Å². The number of hydrogen-bond acceptors (Lipinski definition) is 1. The van der Waals surface area contributed by atoms with Gasteiger partial charge in [-0.3, -0.25) is 4.99 Å². The van der Waals surface area contributed by atoms with Crippen molar-refractivity contribution in [1.82, 2.24) is 5.32 Å². The summed E-state index contributed by atoms with van der Waals surface area (Å²) in [4.78, 5) is 4.41. The van der Waals surface area contributed by atoms with Gasteiger partial charge in [-0.05, 0) is 43.4 Å². The van der Waals surface area contributed by atoms with E-state index in [4.69, 9.17) is 17.3 Å². The summed E-state index contributed by atoms with van der Waals surface area (Å²) in [7, 11) is 0. The van der Waals surface area contributed by atoms with E-state index < -0.39 is 0 Å². The number of nitrogens with zero attached hydrogens (tertiary/aromatic N) is 1. The van der Waals surface area contributed by atoms with Crippen LogP contribution < -0.4 is 11.1 Å². The first kappa shape index (κ1) is 15.2. The Bertz CT molecular complexity index is 422. The Morgan fingerprint density at radius 2 is 1.90 bits per heavy atom. The van der Waals surface area contributed by atoms with Gasteiger partial charge in [-0.25, -0.2) is 0 Å². The first-order valence-corrected chi connectivity index (χ1v) is 7.93. The molecule has 1 aromatic carbocycles. The predicted octanol–water partition coefficient (Wildman–Crippen LogP) is 3.51. The normalized spacial score (nSPS) is 17.1. The SMILES string of the molecule is NC(=NCCCc1ccc(Cl)cc1)NC1CCCCC1. The van der Waals surface area contributed by atoms with Crippen LogP contribution in [0, 0.1) is 0 Å². The Hall–Kier alpha value is -1.22. The van der Waals surface area contributed by atoms with Gasteiger partial charge in [-0.2, -0.15) is 0 Å². The first-order chi connectivity index (χ1) is 9.74. The summed E-state index contributed by atoms with van der Waals surface area (Å²) in [5.74, 6) is 0.605. The Morgan fingerprint density at radius 1 is 1.20 bits per heavy atom. The summed E-state index contributed by atoms with van der Waals surface area (Å²) < 4.78 is 0. The van der Waals surface area contributed by atoms with E-state index in [9.17, 15) is 0 Å². The highest BCUT2D eigenvalue weighted by Crippen LogP contribution is 2.17. The fourth-order valence-electron chi connectivity index (χ4n) is 2.64. The van der Waals surface area contributed by atoms with Crippen molar-refractivity contribution in [1.29, 1.82) is 0 Å². The highest BCUT2D eigenvalue weighted by atomic mass is 35.5. The van der Waals surface area contributed by atoms with Crippen LogP contribution in [0.15, 0.2) is 29.3 Å². The molecule has 1 aromatic rings. The average Bonchev–Trinajstić information content (AvgIpc) is 2.46. The summed E-state index contributed by atoms with van der Waals surface area (Å²) in [5, 5.41) is 4.12. The molecule has 1 saturated carbocycles. The first-order valence-electron chi connectivity index (χ1n) is 7.55. The highest BCUT2D eigenvalue weighted by molar-refractivity contribution is 6.30. The van der Waals surface area contributed by atoms with Gasteiger partial charge in [-0.15, -0.1) is 0 Å². The molecule has 4 heteroatoms. The zero-order valence-corrected chi connectivity index (χ0v) is 12.7. The number of benzene rings is 1. The molecule has 0 spiro atoms. The maximum Gasteiger partial charge on any atom is 0.188 e. The van der Waals surface area contributed by atoms with Gasteiger partial charge in [0.25, 0.3) is 0 Å².